The van der Waals surface area contributed by atoms with Crippen LogP contribution in [0.15, 0.2) is 11.6 Å². The van der Waals surface area contributed by atoms with Crippen LogP contribution in [0.3, 0.4) is 0 Å². The highest BCUT2D eigenvalue weighted by Gasteiger charge is 2.27. The van der Waals surface area contributed by atoms with Crippen molar-refractivity contribution in [3.8, 4) is 0 Å². The molecule has 1 fully saturated rings. The zero-order valence-electron chi connectivity index (χ0n) is 8.93. The minimum Gasteiger partial charge on any atom is -0.294 e. The van der Waals surface area contributed by atoms with Crippen LogP contribution in [0.4, 0.5) is 0 Å². The van der Waals surface area contributed by atoms with Gasteiger partial charge in [0.15, 0.2) is 5.78 Å². The Bertz CT molecular complexity index is 236. The lowest BCUT2D eigenvalue weighted by molar-refractivity contribution is -0.121. The van der Waals surface area contributed by atoms with Crippen molar-refractivity contribution in [3.05, 3.63) is 11.6 Å². The van der Waals surface area contributed by atoms with Crippen LogP contribution in [0.2, 0.25) is 0 Å². The molecular weight excluding hydrogens is 172 g/mol. The zero-order valence-corrected chi connectivity index (χ0v) is 8.93. The van der Waals surface area contributed by atoms with Gasteiger partial charge in [0.25, 0.3) is 0 Å². The first-order valence-corrected chi connectivity index (χ1v) is 6.11. The summed E-state index contributed by atoms with van der Waals surface area (Å²) in [6, 6.07) is 0. The van der Waals surface area contributed by atoms with Gasteiger partial charge in [0.1, 0.15) is 0 Å². The van der Waals surface area contributed by atoms with Gasteiger partial charge >= 0.3 is 0 Å². The second kappa shape index (κ2) is 4.77. The molecule has 0 aromatic heterocycles. The van der Waals surface area contributed by atoms with Crippen LogP contribution in [-0.2, 0) is 4.79 Å². The second-order valence-electron chi connectivity index (χ2n) is 4.67. The number of allylic oxidation sites excluding steroid dienone is 2. The van der Waals surface area contributed by atoms with Gasteiger partial charge in [-0.15, -0.1) is 0 Å². The fourth-order valence-electron chi connectivity index (χ4n) is 2.35. The van der Waals surface area contributed by atoms with Crippen LogP contribution in [0.25, 0.3) is 0 Å². The quantitative estimate of drug-likeness (QED) is 0.653. The Kier molecular flexibility index (Phi) is 3.39. The third kappa shape index (κ3) is 2.26. The highest BCUT2D eigenvalue weighted by Crippen LogP contribution is 2.31. The van der Waals surface area contributed by atoms with Crippen LogP contribution in [0.1, 0.15) is 57.8 Å². The molecule has 2 aliphatic rings. The first-order chi connectivity index (χ1) is 6.88. The van der Waals surface area contributed by atoms with Gasteiger partial charge in [0.2, 0.25) is 0 Å². The third-order valence-corrected chi connectivity index (χ3v) is 3.58. The monoisotopic (exact) mass is 192 g/mol. The molecule has 0 heterocycles. The second-order valence-corrected chi connectivity index (χ2v) is 4.67. The van der Waals surface area contributed by atoms with Crippen molar-refractivity contribution in [3.63, 3.8) is 0 Å². The Morgan fingerprint density at radius 3 is 2.57 bits per heavy atom. The summed E-state index contributed by atoms with van der Waals surface area (Å²) >= 11 is 0. The van der Waals surface area contributed by atoms with E-state index >= 15 is 0 Å². The van der Waals surface area contributed by atoms with Crippen molar-refractivity contribution in [1.29, 1.82) is 0 Å². The highest BCUT2D eigenvalue weighted by molar-refractivity contribution is 5.97. The summed E-state index contributed by atoms with van der Waals surface area (Å²) in [5.41, 5.74) is 1.16. The molecule has 0 N–H and O–H groups in total. The fourth-order valence-corrected chi connectivity index (χ4v) is 2.35. The van der Waals surface area contributed by atoms with E-state index in [1.807, 2.05) is 0 Å². The maximum Gasteiger partial charge on any atom is 0.161 e. The van der Waals surface area contributed by atoms with E-state index < -0.39 is 0 Å². The van der Waals surface area contributed by atoms with E-state index in [9.17, 15) is 4.79 Å². The Balaban J connectivity index is 1.95. The molecule has 14 heavy (non-hydrogen) atoms. The smallest absolute Gasteiger partial charge is 0.161 e. The number of carbonyl (C=O) groups excluding carboxylic acids is 1. The van der Waals surface area contributed by atoms with Crippen molar-refractivity contribution < 1.29 is 4.79 Å². The van der Waals surface area contributed by atoms with Crippen molar-refractivity contribution in [1.82, 2.24) is 0 Å². The lowest BCUT2D eigenvalue weighted by Crippen LogP contribution is -2.23. The molecule has 0 atom stereocenters. The zero-order chi connectivity index (χ0) is 9.80. The van der Waals surface area contributed by atoms with Crippen LogP contribution < -0.4 is 0 Å². The third-order valence-electron chi connectivity index (χ3n) is 3.58. The number of hydrogen-bond donors (Lipinski definition) is 0. The molecule has 0 spiro atoms. The van der Waals surface area contributed by atoms with Gasteiger partial charge in [0.05, 0.1) is 0 Å². The van der Waals surface area contributed by atoms with E-state index in [0.29, 0.717) is 11.7 Å². The predicted octanol–water partition coefficient (Wildman–Crippen LogP) is 3.64. The van der Waals surface area contributed by atoms with Gasteiger partial charge in [-0.3, -0.25) is 4.79 Å². The van der Waals surface area contributed by atoms with Crippen molar-refractivity contribution in [2.24, 2.45) is 5.92 Å². The summed E-state index contributed by atoms with van der Waals surface area (Å²) in [4.78, 5) is 12.0. The average Bonchev–Trinajstić information content (AvgIpc) is 1.99. The number of carbonyl (C=O) groups is 1. The van der Waals surface area contributed by atoms with E-state index in [2.05, 4.69) is 6.08 Å². The number of ketones is 1. The summed E-state index contributed by atoms with van der Waals surface area (Å²) in [7, 11) is 0. The minimum absolute atomic E-state index is 0.403. The molecule has 2 aliphatic carbocycles. The van der Waals surface area contributed by atoms with Gasteiger partial charge in [-0.05, 0) is 44.1 Å². The molecule has 0 bridgehead atoms. The largest absolute Gasteiger partial charge is 0.294 e. The molecule has 0 saturated heterocycles. The Labute approximate surface area is 86.6 Å². The molecule has 0 unspecified atom stereocenters. The highest BCUT2D eigenvalue weighted by atomic mass is 16.1. The fraction of sp³-hybridized carbons (Fsp3) is 0.769. The van der Waals surface area contributed by atoms with Gasteiger partial charge in [-0.1, -0.05) is 25.3 Å². The summed E-state index contributed by atoms with van der Waals surface area (Å²) in [5, 5.41) is 0. The molecular formula is C13H20O. The number of Topliss-reactive ketones (excluding diaryl/α,β-unsaturated/α-hetero) is 1. The first kappa shape index (κ1) is 9.95. The first-order valence-electron chi connectivity index (χ1n) is 6.11. The van der Waals surface area contributed by atoms with Gasteiger partial charge in [-0.25, -0.2) is 0 Å². The maximum atomic E-state index is 12.0. The minimum atomic E-state index is 0.403. The van der Waals surface area contributed by atoms with Crippen molar-refractivity contribution >= 4 is 5.78 Å². The van der Waals surface area contributed by atoms with Crippen LogP contribution in [0.5, 0.6) is 0 Å². The van der Waals surface area contributed by atoms with E-state index in [-0.39, 0.29) is 0 Å². The van der Waals surface area contributed by atoms with Gasteiger partial charge < -0.3 is 0 Å². The molecule has 1 nitrogen and oxygen atoms in total. The molecule has 0 amide bonds. The summed E-state index contributed by atoms with van der Waals surface area (Å²) in [6.07, 6.45) is 13.1. The number of rotatable bonds is 2. The number of hydrogen-bond acceptors (Lipinski definition) is 1. The van der Waals surface area contributed by atoms with Crippen LogP contribution in [0, 0.1) is 5.92 Å². The van der Waals surface area contributed by atoms with Gasteiger partial charge in [-0.2, -0.15) is 0 Å². The van der Waals surface area contributed by atoms with Crippen molar-refractivity contribution in [2.75, 3.05) is 0 Å². The topological polar surface area (TPSA) is 17.1 Å². The Morgan fingerprint density at radius 1 is 1.07 bits per heavy atom. The molecule has 1 heteroatoms. The summed E-state index contributed by atoms with van der Waals surface area (Å²) in [5.74, 6) is 0.888. The Morgan fingerprint density at radius 2 is 1.86 bits per heavy atom. The lowest BCUT2D eigenvalue weighted by atomic mass is 9.78. The average molecular weight is 192 g/mol. The molecule has 2 rings (SSSR count). The lowest BCUT2D eigenvalue weighted by Gasteiger charge is -2.25. The molecule has 0 aromatic rings. The molecule has 0 aliphatic heterocycles. The normalized spacial score (nSPS) is 28.1. The predicted molar refractivity (Wildman–Crippen MR) is 58.1 cm³/mol. The van der Waals surface area contributed by atoms with Gasteiger partial charge in [0, 0.05) is 5.92 Å². The SMILES string of the molecule is O=C(/C1=C/CCCCCC1)C1CCC1. The van der Waals surface area contributed by atoms with E-state index in [0.717, 1.165) is 31.3 Å². The maximum absolute atomic E-state index is 12.0. The van der Waals surface area contributed by atoms with Crippen LogP contribution in [-0.4, -0.2) is 5.78 Å². The summed E-state index contributed by atoms with van der Waals surface area (Å²) < 4.78 is 0. The molecule has 78 valence electrons. The molecule has 0 aromatic carbocycles. The Hall–Kier alpha value is -0.590. The standard InChI is InChI=1S/C13H20O/c14-13(12-9-6-10-12)11-7-4-2-1-3-5-8-11/h7,12H,1-6,8-10H2/b11-7+. The molecule has 1 saturated carbocycles. The van der Waals surface area contributed by atoms with E-state index in [1.54, 1.807) is 0 Å². The van der Waals surface area contributed by atoms with E-state index in [4.69, 9.17) is 0 Å². The summed E-state index contributed by atoms with van der Waals surface area (Å²) in [6.45, 7) is 0. The molecule has 0 radical (unpaired) electrons. The van der Waals surface area contributed by atoms with Crippen LogP contribution >= 0.6 is 0 Å². The van der Waals surface area contributed by atoms with Crippen molar-refractivity contribution in [2.45, 2.75) is 57.8 Å². The van der Waals surface area contributed by atoms with E-state index in [1.165, 1.54) is 32.1 Å².